The van der Waals surface area contributed by atoms with Gasteiger partial charge >= 0.3 is 0 Å². The van der Waals surface area contributed by atoms with E-state index in [-0.39, 0.29) is 11.8 Å². The SMILES string of the molecule is Cc1ccc(NC(=O)c2ccc3c(c2)CN(C)C3)cc1.Cc1ccc(Oc2ccc(NC(=O)c3ccc4c(c3)CN(C)C4)cc2)cc1. The zero-order valence-corrected chi connectivity index (χ0v) is 27.3. The zero-order chi connectivity index (χ0) is 32.9. The van der Waals surface area contributed by atoms with Gasteiger partial charge in [-0.25, -0.2) is 0 Å². The molecule has 2 heterocycles. The second-order valence-corrected chi connectivity index (χ2v) is 12.5. The van der Waals surface area contributed by atoms with Gasteiger partial charge < -0.3 is 15.4 Å². The molecule has 0 saturated carbocycles. The van der Waals surface area contributed by atoms with Gasteiger partial charge in [0.05, 0.1) is 0 Å². The van der Waals surface area contributed by atoms with E-state index in [9.17, 15) is 9.59 Å². The van der Waals surface area contributed by atoms with E-state index in [2.05, 4.69) is 40.6 Å². The molecule has 7 nitrogen and oxygen atoms in total. The number of carbonyl (C=O) groups is 2. The number of nitrogens with zero attached hydrogens (tertiary/aromatic N) is 2. The molecule has 0 atom stereocenters. The second kappa shape index (κ2) is 14.0. The fourth-order valence-corrected chi connectivity index (χ4v) is 5.80. The van der Waals surface area contributed by atoms with E-state index in [0.29, 0.717) is 5.56 Å². The van der Waals surface area contributed by atoms with Gasteiger partial charge in [0.15, 0.2) is 0 Å². The Morgan fingerprint density at radius 1 is 0.511 bits per heavy atom. The summed E-state index contributed by atoms with van der Waals surface area (Å²) in [6, 6.07) is 35.0. The topological polar surface area (TPSA) is 73.9 Å². The molecule has 0 spiro atoms. The number of nitrogens with one attached hydrogen (secondary N) is 2. The summed E-state index contributed by atoms with van der Waals surface area (Å²) in [5.74, 6) is 1.38. The highest BCUT2D eigenvalue weighted by molar-refractivity contribution is 6.05. The minimum Gasteiger partial charge on any atom is -0.457 e. The van der Waals surface area contributed by atoms with E-state index < -0.39 is 0 Å². The molecule has 5 aromatic rings. The molecule has 238 valence electrons. The van der Waals surface area contributed by atoms with Crippen LogP contribution in [0.3, 0.4) is 0 Å². The number of fused-ring (bicyclic) bond motifs is 2. The zero-order valence-electron chi connectivity index (χ0n) is 27.3. The van der Waals surface area contributed by atoms with Crippen LogP contribution in [0.1, 0.15) is 54.1 Å². The lowest BCUT2D eigenvalue weighted by molar-refractivity contribution is 0.101. The van der Waals surface area contributed by atoms with Gasteiger partial charge in [0.1, 0.15) is 11.5 Å². The molecule has 0 radical (unpaired) electrons. The molecule has 7 rings (SSSR count). The summed E-state index contributed by atoms with van der Waals surface area (Å²) in [6.07, 6.45) is 0. The number of benzene rings is 5. The van der Waals surface area contributed by atoms with Crippen molar-refractivity contribution in [3.05, 3.63) is 154 Å². The molecule has 5 aromatic carbocycles. The number of rotatable bonds is 6. The number of amides is 2. The van der Waals surface area contributed by atoms with Crippen LogP contribution in [0.5, 0.6) is 11.5 Å². The summed E-state index contributed by atoms with van der Waals surface area (Å²) in [7, 11) is 4.17. The van der Waals surface area contributed by atoms with Gasteiger partial charge in [-0.15, -0.1) is 0 Å². The standard InChI is InChI=1S/C23H22N2O2.C17H18N2O/c1-16-3-9-21(10-4-16)27-22-11-7-20(8-12-22)24-23(26)17-5-6-18-14-25(2)15-19(18)13-17;1-12-3-7-16(8-4-12)18-17(20)13-5-6-14-10-19(2)11-15(14)9-13/h3-13H,14-15H2,1-2H3,(H,24,26);3-9H,10-11H2,1-2H3,(H,18,20). The molecule has 2 aliphatic rings. The van der Waals surface area contributed by atoms with Crippen molar-refractivity contribution in [1.29, 1.82) is 0 Å². The summed E-state index contributed by atoms with van der Waals surface area (Å²) >= 11 is 0. The first kappa shape index (κ1) is 31.7. The third-order valence-corrected chi connectivity index (χ3v) is 8.38. The lowest BCUT2D eigenvalue weighted by atomic mass is 10.1. The van der Waals surface area contributed by atoms with Crippen LogP contribution in [-0.4, -0.2) is 35.7 Å². The smallest absolute Gasteiger partial charge is 0.255 e. The fourth-order valence-electron chi connectivity index (χ4n) is 5.80. The van der Waals surface area contributed by atoms with Crippen LogP contribution in [-0.2, 0) is 26.2 Å². The van der Waals surface area contributed by atoms with Crippen LogP contribution < -0.4 is 15.4 Å². The lowest BCUT2D eigenvalue weighted by Crippen LogP contribution is -2.12. The maximum absolute atomic E-state index is 12.5. The van der Waals surface area contributed by atoms with Gasteiger partial charge in [-0.3, -0.25) is 19.4 Å². The Hall–Kier alpha value is -5.24. The first-order valence-corrected chi connectivity index (χ1v) is 15.8. The molecule has 0 aromatic heterocycles. The molecule has 47 heavy (non-hydrogen) atoms. The van der Waals surface area contributed by atoms with Crippen LogP contribution in [0.2, 0.25) is 0 Å². The van der Waals surface area contributed by atoms with Crippen molar-refractivity contribution in [1.82, 2.24) is 9.80 Å². The third kappa shape index (κ3) is 8.14. The predicted octanol–water partition coefficient (Wildman–Crippen LogP) is 8.18. The number of hydrogen-bond acceptors (Lipinski definition) is 5. The highest BCUT2D eigenvalue weighted by Gasteiger charge is 2.18. The molecule has 0 saturated heterocycles. The van der Waals surface area contributed by atoms with Crippen molar-refractivity contribution in [2.75, 3.05) is 24.7 Å². The Morgan fingerprint density at radius 3 is 1.32 bits per heavy atom. The van der Waals surface area contributed by atoms with Gasteiger partial charge in [0, 0.05) is 48.7 Å². The van der Waals surface area contributed by atoms with E-state index in [4.69, 9.17) is 4.74 Å². The molecule has 0 aliphatic carbocycles. The van der Waals surface area contributed by atoms with Crippen LogP contribution in [0.4, 0.5) is 11.4 Å². The largest absolute Gasteiger partial charge is 0.457 e. The number of carbonyl (C=O) groups excluding carboxylic acids is 2. The Bertz CT molecular complexity index is 1880. The molecule has 2 N–H and O–H groups in total. The first-order valence-electron chi connectivity index (χ1n) is 15.8. The van der Waals surface area contributed by atoms with Crippen molar-refractivity contribution in [2.45, 2.75) is 40.0 Å². The van der Waals surface area contributed by atoms with E-state index in [0.717, 1.165) is 54.6 Å². The lowest BCUT2D eigenvalue weighted by Gasteiger charge is -2.09. The average molecular weight is 625 g/mol. The minimum atomic E-state index is -0.0976. The molecular weight excluding hydrogens is 584 g/mol. The Labute approximate surface area is 276 Å². The summed E-state index contributed by atoms with van der Waals surface area (Å²) in [6.45, 7) is 7.79. The van der Waals surface area contributed by atoms with Crippen LogP contribution in [0.15, 0.2) is 109 Å². The monoisotopic (exact) mass is 624 g/mol. The molecule has 7 heteroatoms. The van der Waals surface area contributed by atoms with Crippen LogP contribution in [0.25, 0.3) is 0 Å². The van der Waals surface area contributed by atoms with Crippen molar-refractivity contribution in [3.8, 4) is 11.5 Å². The Morgan fingerprint density at radius 2 is 0.872 bits per heavy atom. The van der Waals surface area contributed by atoms with E-state index >= 15 is 0 Å². The predicted molar refractivity (Wildman–Crippen MR) is 188 cm³/mol. The van der Waals surface area contributed by atoms with Gasteiger partial charge in [-0.1, -0.05) is 47.5 Å². The fraction of sp³-hybridized carbons (Fsp3) is 0.200. The summed E-state index contributed by atoms with van der Waals surface area (Å²) < 4.78 is 5.82. The minimum absolute atomic E-state index is 0.0498. The molecule has 0 bridgehead atoms. The quantitative estimate of drug-likeness (QED) is 0.199. The average Bonchev–Trinajstić information content (AvgIpc) is 3.63. The summed E-state index contributed by atoms with van der Waals surface area (Å²) in [4.78, 5) is 29.3. The number of hydrogen-bond donors (Lipinski definition) is 2. The third-order valence-electron chi connectivity index (χ3n) is 8.38. The molecule has 0 fully saturated rings. The molecule has 0 unspecified atom stereocenters. The Balaban J connectivity index is 0.000000172. The van der Waals surface area contributed by atoms with Crippen molar-refractivity contribution < 1.29 is 14.3 Å². The maximum Gasteiger partial charge on any atom is 0.255 e. The molecule has 2 aliphatic heterocycles. The van der Waals surface area contributed by atoms with Gasteiger partial charge in [-0.05, 0) is 123 Å². The second-order valence-electron chi connectivity index (χ2n) is 12.5. The van der Waals surface area contributed by atoms with Crippen molar-refractivity contribution in [3.63, 3.8) is 0 Å². The maximum atomic E-state index is 12.5. The number of ether oxygens (including phenoxy) is 1. The highest BCUT2D eigenvalue weighted by atomic mass is 16.5. The van der Waals surface area contributed by atoms with Gasteiger partial charge in [0.25, 0.3) is 11.8 Å². The van der Waals surface area contributed by atoms with Gasteiger partial charge in [-0.2, -0.15) is 0 Å². The Kier molecular flexibility index (Phi) is 9.47. The van der Waals surface area contributed by atoms with E-state index in [1.54, 1.807) is 0 Å². The summed E-state index contributed by atoms with van der Waals surface area (Å²) in [5, 5.41) is 5.89. The van der Waals surface area contributed by atoms with E-state index in [1.165, 1.54) is 33.4 Å². The van der Waals surface area contributed by atoms with Crippen LogP contribution >= 0.6 is 0 Å². The highest BCUT2D eigenvalue weighted by Crippen LogP contribution is 2.26. The van der Waals surface area contributed by atoms with Gasteiger partial charge in [0.2, 0.25) is 0 Å². The van der Waals surface area contributed by atoms with E-state index in [1.807, 2.05) is 117 Å². The van der Waals surface area contributed by atoms with Crippen molar-refractivity contribution >= 4 is 23.2 Å². The summed E-state index contributed by atoms with van der Waals surface area (Å²) in [5.41, 5.74) is 10.5. The van der Waals surface area contributed by atoms with Crippen molar-refractivity contribution in [2.24, 2.45) is 0 Å². The van der Waals surface area contributed by atoms with Crippen LogP contribution in [0, 0.1) is 13.8 Å². The number of aryl methyl sites for hydroxylation is 2. The normalized spacial score (nSPS) is 13.6. The molecular formula is C40H40N4O3. The first-order chi connectivity index (χ1) is 22.7. The number of anilines is 2. The molecule has 2 amide bonds.